The fourth-order valence-electron chi connectivity index (χ4n) is 1.40. The van der Waals surface area contributed by atoms with E-state index in [-0.39, 0.29) is 0 Å². The number of amides is 1. The van der Waals surface area contributed by atoms with Gasteiger partial charge in [0.15, 0.2) is 0 Å². The Balaban J connectivity index is 2.64. The van der Waals surface area contributed by atoms with Crippen molar-refractivity contribution in [2.75, 3.05) is 7.11 Å². The van der Waals surface area contributed by atoms with E-state index in [1.807, 2.05) is 39.0 Å². The molecule has 0 aliphatic carbocycles. The molecule has 0 heterocycles. The van der Waals surface area contributed by atoms with Crippen molar-refractivity contribution in [3.63, 3.8) is 0 Å². The summed E-state index contributed by atoms with van der Waals surface area (Å²) in [6, 6.07) is 5.66. The van der Waals surface area contributed by atoms with Crippen LogP contribution >= 0.6 is 15.9 Å². The van der Waals surface area contributed by atoms with E-state index >= 15 is 0 Å². The van der Waals surface area contributed by atoms with Crippen molar-refractivity contribution < 1.29 is 14.3 Å². The monoisotopic (exact) mass is 315 g/mol. The molecule has 0 saturated heterocycles. The lowest BCUT2D eigenvalue weighted by molar-refractivity contribution is 0.0523. The number of alkyl carbamates (subject to hydrolysis) is 1. The van der Waals surface area contributed by atoms with E-state index in [1.165, 1.54) is 0 Å². The Hall–Kier alpha value is -1.23. The van der Waals surface area contributed by atoms with E-state index in [9.17, 15) is 4.79 Å². The molecule has 5 heteroatoms. The molecule has 0 atom stereocenters. The van der Waals surface area contributed by atoms with E-state index < -0.39 is 11.7 Å². The molecule has 0 unspecified atom stereocenters. The number of halogens is 1. The first kappa shape index (κ1) is 14.8. The Morgan fingerprint density at radius 2 is 2.06 bits per heavy atom. The lowest BCUT2D eigenvalue weighted by Gasteiger charge is -2.20. The molecule has 0 radical (unpaired) electrons. The van der Waals surface area contributed by atoms with Gasteiger partial charge in [0, 0.05) is 12.1 Å². The van der Waals surface area contributed by atoms with Crippen molar-refractivity contribution >= 4 is 22.0 Å². The van der Waals surface area contributed by atoms with E-state index in [2.05, 4.69) is 21.2 Å². The van der Waals surface area contributed by atoms with Crippen molar-refractivity contribution in [2.45, 2.75) is 32.9 Å². The molecule has 0 saturated carbocycles. The normalized spacial score (nSPS) is 10.9. The smallest absolute Gasteiger partial charge is 0.407 e. The second-order valence-electron chi connectivity index (χ2n) is 4.79. The quantitative estimate of drug-likeness (QED) is 0.929. The maximum Gasteiger partial charge on any atom is 0.407 e. The number of nitrogens with one attached hydrogen (secondary N) is 1. The summed E-state index contributed by atoms with van der Waals surface area (Å²) in [6.45, 7) is 5.84. The summed E-state index contributed by atoms with van der Waals surface area (Å²) < 4.78 is 11.3. The van der Waals surface area contributed by atoms with Crippen LogP contribution in [0.25, 0.3) is 0 Å². The van der Waals surface area contributed by atoms with Gasteiger partial charge < -0.3 is 14.8 Å². The molecule has 0 aliphatic rings. The van der Waals surface area contributed by atoms with Crippen molar-refractivity contribution in [1.29, 1.82) is 0 Å². The van der Waals surface area contributed by atoms with Gasteiger partial charge in [0.05, 0.1) is 11.6 Å². The number of benzene rings is 1. The van der Waals surface area contributed by atoms with Crippen LogP contribution in [0.3, 0.4) is 0 Å². The molecule has 1 rings (SSSR count). The summed E-state index contributed by atoms with van der Waals surface area (Å²) in [6.07, 6.45) is -0.440. The first-order valence-corrected chi connectivity index (χ1v) is 6.41. The van der Waals surface area contributed by atoms with E-state index in [0.29, 0.717) is 12.3 Å². The lowest BCUT2D eigenvalue weighted by Crippen LogP contribution is -2.32. The number of para-hydroxylation sites is 1. The van der Waals surface area contributed by atoms with Gasteiger partial charge in [0.2, 0.25) is 0 Å². The number of ether oxygens (including phenoxy) is 2. The molecule has 1 N–H and O–H groups in total. The van der Waals surface area contributed by atoms with Gasteiger partial charge in [-0.15, -0.1) is 0 Å². The van der Waals surface area contributed by atoms with Crippen LogP contribution in [0.1, 0.15) is 26.3 Å². The first-order chi connectivity index (χ1) is 8.33. The van der Waals surface area contributed by atoms with Crippen LogP contribution in [0, 0.1) is 0 Å². The Morgan fingerprint density at radius 3 is 2.61 bits per heavy atom. The largest absolute Gasteiger partial charge is 0.495 e. The maximum atomic E-state index is 11.5. The highest BCUT2D eigenvalue weighted by Crippen LogP contribution is 2.28. The summed E-state index contributed by atoms with van der Waals surface area (Å²) >= 11 is 3.39. The minimum absolute atomic E-state index is 0.359. The average molecular weight is 316 g/mol. The third-order valence-corrected chi connectivity index (χ3v) is 2.70. The molecular formula is C13H18BrNO3. The molecule has 100 valence electrons. The Bertz CT molecular complexity index is 427. The topological polar surface area (TPSA) is 47.6 Å². The van der Waals surface area contributed by atoms with Crippen molar-refractivity contribution in [3.8, 4) is 5.75 Å². The maximum absolute atomic E-state index is 11.5. The summed E-state index contributed by atoms with van der Waals surface area (Å²) in [5, 5.41) is 2.70. The van der Waals surface area contributed by atoms with Gasteiger partial charge >= 0.3 is 6.09 Å². The van der Waals surface area contributed by atoms with Crippen molar-refractivity contribution in [2.24, 2.45) is 0 Å². The van der Waals surface area contributed by atoms with Crippen LogP contribution in [-0.4, -0.2) is 18.8 Å². The molecule has 1 aromatic carbocycles. The molecule has 1 aromatic rings. The third kappa shape index (κ3) is 4.56. The van der Waals surface area contributed by atoms with Gasteiger partial charge in [0.1, 0.15) is 11.4 Å². The molecule has 18 heavy (non-hydrogen) atoms. The molecule has 4 nitrogen and oxygen atoms in total. The van der Waals surface area contributed by atoms with E-state index in [4.69, 9.17) is 9.47 Å². The Labute approximate surface area is 116 Å². The fourth-order valence-corrected chi connectivity index (χ4v) is 1.97. The summed E-state index contributed by atoms with van der Waals surface area (Å²) in [4.78, 5) is 11.5. The lowest BCUT2D eigenvalue weighted by atomic mass is 10.2. The van der Waals surface area contributed by atoms with Crippen LogP contribution in [0.4, 0.5) is 4.79 Å². The third-order valence-electron chi connectivity index (χ3n) is 2.07. The van der Waals surface area contributed by atoms with Crippen LogP contribution in [-0.2, 0) is 11.3 Å². The van der Waals surface area contributed by atoms with Crippen LogP contribution < -0.4 is 10.1 Å². The molecule has 0 spiro atoms. The minimum atomic E-state index is -0.495. The predicted octanol–water partition coefficient (Wildman–Crippen LogP) is 3.48. The number of hydrogen-bond acceptors (Lipinski definition) is 3. The molecule has 0 aliphatic heterocycles. The molecule has 0 fully saturated rings. The molecular weight excluding hydrogens is 298 g/mol. The van der Waals surface area contributed by atoms with Gasteiger partial charge in [-0.05, 0) is 42.8 Å². The molecule has 1 amide bonds. The summed E-state index contributed by atoms with van der Waals surface area (Å²) in [5.74, 6) is 0.716. The predicted molar refractivity (Wildman–Crippen MR) is 73.8 cm³/mol. The minimum Gasteiger partial charge on any atom is -0.495 e. The van der Waals surface area contributed by atoms with Crippen LogP contribution in [0.15, 0.2) is 22.7 Å². The van der Waals surface area contributed by atoms with Crippen molar-refractivity contribution in [3.05, 3.63) is 28.2 Å². The van der Waals surface area contributed by atoms with Gasteiger partial charge in [-0.3, -0.25) is 0 Å². The second kappa shape index (κ2) is 6.09. The zero-order chi connectivity index (χ0) is 13.8. The molecule has 0 aromatic heterocycles. The number of carbonyl (C=O) groups is 1. The zero-order valence-electron chi connectivity index (χ0n) is 11.0. The highest BCUT2D eigenvalue weighted by molar-refractivity contribution is 9.10. The number of methoxy groups -OCH3 is 1. The standard InChI is InChI=1S/C13H18BrNO3/c1-13(2,3)18-12(16)15-8-9-6-5-7-10(14)11(9)17-4/h5-7H,8H2,1-4H3,(H,15,16). The number of carbonyl (C=O) groups excluding carboxylic acids is 1. The Kier molecular flexibility index (Phi) is 5.02. The van der Waals surface area contributed by atoms with Gasteiger partial charge in [-0.2, -0.15) is 0 Å². The number of hydrogen-bond donors (Lipinski definition) is 1. The highest BCUT2D eigenvalue weighted by atomic mass is 79.9. The summed E-state index contributed by atoms with van der Waals surface area (Å²) in [7, 11) is 1.59. The first-order valence-electron chi connectivity index (χ1n) is 5.61. The zero-order valence-corrected chi connectivity index (χ0v) is 12.6. The van der Waals surface area contributed by atoms with Gasteiger partial charge in [-0.25, -0.2) is 4.79 Å². The molecule has 0 bridgehead atoms. The van der Waals surface area contributed by atoms with Crippen LogP contribution in [0.2, 0.25) is 0 Å². The number of rotatable bonds is 3. The summed E-state index contributed by atoms with van der Waals surface area (Å²) in [5.41, 5.74) is 0.392. The Morgan fingerprint density at radius 1 is 1.39 bits per heavy atom. The van der Waals surface area contributed by atoms with E-state index in [1.54, 1.807) is 7.11 Å². The van der Waals surface area contributed by atoms with Crippen LogP contribution in [0.5, 0.6) is 5.75 Å². The second-order valence-corrected chi connectivity index (χ2v) is 5.64. The SMILES string of the molecule is COc1c(Br)cccc1CNC(=O)OC(C)(C)C. The van der Waals surface area contributed by atoms with E-state index in [0.717, 1.165) is 10.0 Å². The highest BCUT2D eigenvalue weighted by Gasteiger charge is 2.16. The van der Waals surface area contributed by atoms with Crippen molar-refractivity contribution in [1.82, 2.24) is 5.32 Å². The fraction of sp³-hybridized carbons (Fsp3) is 0.462. The van der Waals surface area contributed by atoms with Gasteiger partial charge in [-0.1, -0.05) is 12.1 Å². The van der Waals surface area contributed by atoms with Gasteiger partial charge in [0.25, 0.3) is 0 Å². The average Bonchev–Trinajstić information content (AvgIpc) is 2.24.